The van der Waals surface area contributed by atoms with Gasteiger partial charge in [-0.25, -0.2) is 4.99 Å². The molecule has 7 nitrogen and oxygen atoms in total. The third kappa shape index (κ3) is 5.48. The van der Waals surface area contributed by atoms with Crippen LogP contribution in [0.15, 0.2) is 33.8 Å². The molecule has 25 heavy (non-hydrogen) atoms. The third-order valence-corrected chi connectivity index (χ3v) is 3.47. The van der Waals surface area contributed by atoms with Crippen LogP contribution in [-0.4, -0.2) is 29.8 Å². The first kappa shape index (κ1) is 18.8. The van der Waals surface area contributed by atoms with E-state index in [1.807, 2.05) is 52.0 Å². The van der Waals surface area contributed by atoms with E-state index in [4.69, 9.17) is 9.26 Å². The highest BCUT2D eigenvalue weighted by molar-refractivity contribution is 5.79. The van der Waals surface area contributed by atoms with Gasteiger partial charge >= 0.3 is 0 Å². The highest BCUT2D eigenvalue weighted by Gasteiger charge is 2.21. The number of methoxy groups -OCH3 is 1. The maximum atomic E-state index is 5.36. The minimum atomic E-state index is -0.159. The van der Waals surface area contributed by atoms with Crippen molar-refractivity contribution in [3.63, 3.8) is 0 Å². The van der Waals surface area contributed by atoms with Crippen LogP contribution >= 0.6 is 0 Å². The lowest BCUT2D eigenvalue weighted by Crippen LogP contribution is -2.37. The van der Waals surface area contributed by atoms with Gasteiger partial charge in [0, 0.05) is 17.5 Å². The Hall–Kier alpha value is -2.57. The number of hydrogen-bond acceptors (Lipinski definition) is 5. The largest absolute Gasteiger partial charge is 0.496 e. The average Bonchev–Trinajstić information content (AvgIpc) is 3.07. The number of guanidine groups is 1. The standard InChI is InChI=1S/C18H27N5O2/c1-6-19-17(20-11-13-9-7-8-10-14(13)24-5)21-12-15-22-16(25-23-15)18(2,3)4/h7-10H,6,11-12H2,1-5H3,(H2,19,20,21). The molecule has 0 saturated heterocycles. The van der Waals surface area contributed by atoms with E-state index in [0.717, 1.165) is 17.9 Å². The van der Waals surface area contributed by atoms with Crippen LogP contribution in [0.2, 0.25) is 0 Å². The highest BCUT2D eigenvalue weighted by Crippen LogP contribution is 2.19. The van der Waals surface area contributed by atoms with Gasteiger partial charge in [-0.3, -0.25) is 0 Å². The molecule has 0 amide bonds. The molecule has 2 N–H and O–H groups in total. The van der Waals surface area contributed by atoms with E-state index in [9.17, 15) is 0 Å². The highest BCUT2D eigenvalue weighted by atomic mass is 16.5. The van der Waals surface area contributed by atoms with E-state index in [1.54, 1.807) is 7.11 Å². The van der Waals surface area contributed by atoms with Crippen molar-refractivity contribution in [3.05, 3.63) is 41.5 Å². The van der Waals surface area contributed by atoms with Gasteiger partial charge in [0.15, 0.2) is 11.8 Å². The Morgan fingerprint density at radius 3 is 2.64 bits per heavy atom. The number of ether oxygens (including phenoxy) is 1. The molecule has 7 heteroatoms. The number of nitrogens with one attached hydrogen (secondary N) is 2. The minimum Gasteiger partial charge on any atom is -0.496 e. The molecule has 0 aliphatic heterocycles. The van der Waals surface area contributed by atoms with E-state index < -0.39 is 0 Å². The fourth-order valence-electron chi connectivity index (χ4n) is 2.13. The zero-order chi connectivity index (χ0) is 18.3. The van der Waals surface area contributed by atoms with Gasteiger partial charge in [-0.15, -0.1) is 0 Å². The van der Waals surface area contributed by atoms with Gasteiger partial charge in [0.1, 0.15) is 5.75 Å². The Morgan fingerprint density at radius 1 is 1.24 bits per heavy atom. The van der Waals surface area contributed by atoms with Gasteiger partial charge in [-0.1, -0.05) is 44.1 Å². The summed E-state index contributed by atoms with van der Waals surface area (Å²) in [6.07, 6.45) is 0. The molecule has 1 aromatic heterocycles. The van der Waals surface area contributed by atoms with Crippen LogP contribution in [0.5, 0.6) is 5.75 Å². The Balaban J connectivity index is 2.01. The number of para-hydroxylation sites is 1. The van der Waals surface area contributed by atoms with E-state index >= 15 is 0 Å². The molecule has 0 aliphatic rings. The number of nitrogens with zero attached hydrogens (tertiary/aromatic N) is 3. The van der Waals surface area contributed by atoms with Gasteiger partial charge in [-0.2, -0.15) is 4.98 Å². The average molecular weight is 345 g/mol. The van der Waals surface area contributed by atoms with Gasteiger partial charge in [0.25, 0.3) is 0 Å². The van der Waals surface area contributed by atoms with Crippen molar-refractivity contribution in [3.8, 4) is 5.75 Å². The van der Waals surface area contributed by atoms with Crippen molar-refractivity contribution in [1.82, 2.24) is 20.8 Å². The Morgan fingerprint density at radius 2 is 2.00 bits per heavy atom. The summed E-state index contributed by atoms with van der Waals surface area (Å²) >= 11 is 0. The normalized spacial score (nSPS) is 12.1. The molecule has 1 aromatic carbocycles. The smallest absolute Gasteiger partial charge is 0.232 e. The molecule has 0 aliphatic carbocycles. The summed E-state index contributed by atoms with van der Waals surface area (Å²) in [6, 6.07) is 7.85. The van der Waals surface area contributed by atoms with Crippen LogP contribution in [0.25, 0.3) is 0 Å². The fraction of sp³-hybridized carbons (Fsp3) is 0.500. The quantitative estimate of drug-likeness (QED) is 0.618. The van der Waals surface area contributed by atoms with Crippen molar-refractivity contribution >= 4 is 5.96 Å². The molecule has 136 valence electrons. The summed E-state index contributed by atoms with van der Waals surface area (Å²) in [4.78, 5) is 9.01. The van der Waals surface area contributed by atoms with Gasteiger partial charge in [0.2, 0.25) is 5.89 Å². The summed E-state index contributed by atoms with van der Waals surface area (Å²) in [5.41, 5.74) is 0.866. The summed E-state index contributed by atoms with van der Waals surface area (Å²) in [5.74, 6) is 2.75. The lowest BCUT2D eigenvalue weighted by Gasteiger charge is -2.11. The second kappa shape index (κ2) is 8.50. The third-order valence-electron chi connectivity index (χ3n) is 3.47. The predicted molar refractivity (Wildman–Crippen MR) is 97.6 cm³/mol. The predicted octanol–water partition coefficient (Wildman–Crippen LogP) is 2.63. The van der Waals surface area contributed by atoms with Crippen LogP contribution in [-0.2, 0) is 18.5 Å². The topological polar surface area (TPSA) is 84.6 Å². The van der Waals surface area contributed by atoms with Gasteiger partial charge < -0.3 is 19.9 Å². The first-order valence-electron chi connectivity index (χ1n) is 8.41. The molecule has 0 unspecified atom stereocenters. The SMILES string of the molecule is CCNC(=NCc1ccccc1OC)NCc1noc(C(C)(C)C)n1. The number of benzene rings is 1. The molecule has 0 saturated carbocycles. The van der Waals surface area contributed by atoms with Crippen molar-refractivity contribution in [1.29, 1.82) is 0 Å². The zero-order valence-corrected chi connectivity index (χ0v) is 15.6. The number of hydrogen-bond donors (Lipinski definition) is 2. The molecule has 0 fully saturated rings. The van der Waals surface area contributed by atoms with E-state index in [0.29, 0.717) is 30.8 Å². The number of aromatic nitrogens is 2. The molecule has 0 radical (unpaired) electrons. The molecule has 2 rings (SSSR count). The molecule has 2 aromatic rings. The lowest BCUT2D eigenvalue weighted by atomic mass is 9.97. The summed E-state index contributed by atoms with van der Waals surface area (Å²) in [6.45, 7) is 9.85. The number of aliphatic imine (C=N–C) groups is 1. The van der Waals surface area contributed by atoms with Crippen molar-refractivity contribution < 1.29 is 9.26 Å². The summed E-state index contributed by atoms with van der Waals surface area (Å²) < 4.78 is 10.7. The lowest BCUT2D eigenvalue weighted by molar-refractivity contribution is 0.318. The zero-order valence-electron chi connectivity index (χ0n) is 15.6. The first-order valence-corrected chi connectivity index (χ1v) is 8.41. The first-order chi connectivity index (χ1) is 11.9. The molecule has 0 bridgehead atoms. The minimum absolute atomic E-state index is 0.159. The second-order valence-electron chi connectivity index (χ2n) is 6.63. The van der Waals surface area contributed by atoms with Crippen LogP contribution in [0.1, 0.15) is 45.0 Å². The maximum absolute atomic E-state index is 5.36. The fourth-order valence-corrected chi connectivity index (χ4v) is 2.13. The van der Waals surface area contributed by atoms with Gasteiger partial charge in [0.05, 0.1) is 20.2 Å². The Labute approximate surface area is 148 Å². The van der Waals surface area contributed by atoms with E-state index in [-0.39, 0.29) is 5.41 Å². The Kier molecular flexibility index (Phi) is 6.38. The van der Waals surface area contributed by atoms with Crippen molar-refractivity contribution in [2.24, 2.45) is 4.99 Å². The molecule has 0 atom stereocenters. The molecular weight excluding hydrogens is 318 g/mol. The van der Waals surface area contributed by atoms with E-state index in [2.05, 4.69) is 25.8 Å². The van der Waals surface area contributed by atoms with Crippen LogP contribution in [0, 0.1) is 0 Å². The van der Waals surface area contributed by atoms with Crippen LogP contribution in [0.3, 0.4) is 0 Å². The number of rotatable bonds is 6. The van der Waals surface area contributed by atoms with E-state index in [1.165, 1.54) is 0 Å². The van der Waals surface area contributed by atoms with Crippen molar-refractivity contribution in [2.45, 2.75) is 46.2 Å². The second-order valence-corrected chi connectivity index (χ2v) is 6.63. The van der Waals surface area contributed by atoms with Crippen molar-refractivity contribution in [2.75, 3.05) is 13.7 Å². The van der Waals surface area contributed by atoms with Gasteiger partial charge in [-0.05, 0) is 13.0 Å². The van der Waals surface area contributed by atoms with Crippen LogP contribution in [0.4, 0.5) is 0 Å². The summed E-state index contributed by atoms with van der Waals surface area (Å²) in [7, 11) is 1.66. The monoisotopic (exact) mass is 345 g/mol. The Bertz CT molecular complexity index is 703. The molecule has 1 heterocycles. The van der Waals surface area contributed by atoms with Crippen LogP contribution < -0.4 is 15.4 Å². The maximum Gasteiger partial charge on any atom is 0.232 e. The summed E-state index contributed by atoms with van der Waals surface area (Å²) in [5, 5.41) is 10.4. The molecular formula is C18H27N5O2. The molecule has 0 spiro atoms.